The van der Waals surface area contributed by atoms with Gasteiger partial charge in [-0.3, -0.25) is 4.98 Å². The van der Waals surface area contributed by atoms with E-state index < -0.39 is 17.7 Å². The number of carbonyl (C=O) groups excluding carboxylic acids is 1. The van der Waals surface area contributed by atoms with Crippen molar-refractivity contribution in [2.75, 3.05) is 7.11 Å². The molecule has 0 bridgehead atoms. The van der Waals surface area contributed by atoms with Crippen molar-refractivity contribution >= 4 is 46.8 Å². The van der Waals surface area contributed by atoms with Crippen molar-refractivity contribution in [2.24, 2.45) is 0 Å². The molecule has 2 aromatic rings. The maximum Gasteiger partial charge on any atom is 0.417 e. The van der Waals surface area contributed by atoms with E-state index in [1.807, 2.05) is 0 Å². The molecule has 0 radical (unpaired) electrons. The monoisotopic (exact) mass is 409 g/mol. The number of hydrogen-bond acceptors (Lipinski definition) is 3. The van der Waals surface area contributed by atoms with E-state index in [2.05, 4.69) is 9.72 Å². The summed E-state index contributed by atoms with van der Waals surface area (Å²) in [5.74, 6) is -0.756. The molecule has 0 saturated heterocycles. The maximum absolute atomic E-state index is 12.7. The molecule has 0 atom stereocenters. The van der Waals surface area contributed by atoms with Gasteiger partial charge in [0.05, 0.1) is 23.4 Å². The Labute approximate surface area is 156 Å². The first kappa shape index (κ1) is 19.6. The zero-order chi connectivity index (χ0) is 18.8. The summed E-state index contributed by atoms with van der Waals surface area (Å²) in [6.45, 7) is 0. The van der Waals surface area contributed by atoms with Crippen LogP contribution < -0.4 is 0 Å². The molecule has 1 aromatic heterocycles. The van der Waals surface area contributed by atoms with Crippen LogP contribution >= 0.6 is 34.8 Å². The van der Waals surface area contributed by atoms with Crippen molar-refractivity contribution in [2.45, 2.75) is 6.18 Å². The van der Waals surface area contributed by atoms with E-state index in [-0.39, 0.29) is 20.8 Å². The van der Waals surface area contributed by atoms with Crippen molar-refractivity contribution in [3.05, 3.63) is 56.7 Å². The van der Waals surface area contributed by atoms with E-state index in [4.69, 9.17) is 34.8 Å². The quantitative estimate of drug-likeness (QED) is 0.472. The van der Waals surface area contributed by atoms with Crippen molar-refractivity contribution < 1.29 is 22.7 Å². The standard InChI is InChI=1S/C16H9Cl3F3NO2/c1-25-15(24)13(19)5-9-4-8(2-3-11(9)17)14-12(18)6-10(7-23-14)16(20,21)22/h2-7H,1H3/b13-5-. The van der Waals surface area contributed by atoms with Crippen LogP contribution in [0, 0.1) is 0 Å². The summed E-state index contributed by atoms with van der Waals surface area (Å²) in [4.78, 5) is 15.1. The molecule has 0 aliphatic rings. The molecule has 132 valence electrons. The van der Waals surface area contributed by atoms with Gasteiger partial charge in [-0.15, -0.1) is 0 Å². The van der Waals surface area contributed by atoms with E-state index >= 15 is 0 Å². The second-order valence-electron chi connectivity index (χ2n) is 4.77. The number of rotatable bonds is 3. The molecule has 0 spiro atoms. The fourth-order valence-corrected chi connectivity index (χ4v) is 2.54. The summed E-state index contributed by atoms with van der Waals surface area (Å²) in [5, 5.41) is -0.118. The molecule has 0 fully saturated rings. The van der Waals surface area contributed by atoms with Crippen LogP contribution in [-0.2, 0) is 15.7 Å². The van der Waals surface area contributed by atoms with Gasteiger partial charge in [-0.25, -0.2) is 4.79 Å². The van der Waals surface area contributed by atoms with Gasteiger partial charge >= 0.3 is 12.1 Å². The second kappa shape index (κ2) is 7.64. The van der Waals surface area contributed by atoms with E-state index in [0.717, 1.165) is 6.07 Å². The Morgan fingerprint density at radius 3 is 2.44 bits per heavy atom. The first-order valence-electron chi connectivity index (χ1n) is 6.61. The van der Waals surface area contributed by atoms with Crippen molar-refractivity contribution in [3.63, 3.8) is 0 Å². The average molecular weight is 411 g/mol. The van der Waals surface area contributed by atoms with Crippen LogP contribution in [0.3, 0.4) is 0 Å². The zero-order valence-corrected chi connectivity index (χ0v) is 14.8. The molecule has 3 nitrogen and oxygen atoms in total. The van der Waals surface area contributed by atoms with Crippen molar-refractivity contribution in [1.82, 2.24) is 4.98 Å². The van der Waals surface area contributed by atoms with Gasteiger partial charge < -0.3 is 4.74 Å². The summed E-state index contributed by atoms with van der Waals surface area (Å²) in [6, 6.07) is 5.30. The van der Waals surface area contributed by atoms with E-state index in [1.165, 1.54) is 31.4 Å². The molecular formula is C16H9Cl3F3NO2. The normalized spacial score (nSPS) is 12.2. The molecule has 1 heterocycles. The molecular weight excluding hydrogens is 402 g/mol. The summed E-state index contributed by atoms with van der Waals surface area (Å²) in [7, 11) is 1.17. The SMILES string of the molecule is COC(=O)/C(Cl)=C/c1cc(-c2ncc(C(F)(F)F)cc2Cl)ccc1Cl. The average Bonchev–Trinajstić information content (AvgIpc) is 2.55. The Morgan fingerprint density at radius 1 is 1.20 bits per heavy atom. The van der Waals surface area contributed by atoms with Gasteiger partial charge in [-0.2, -0.15) is 13.2 Å². The van der Waals surface area contributed by atoms with E-state index in [9.17, 15) is 18.0 Å². The number of hydrogen-bond donors (Lipinski definition) is 0. The number of ether oxygens (including phenoxy) is 1. The van der Waals surface area contributed by atoms with Crippen LogP contribution in [0.1, 0.15) is 11.1 Å². The minimum Gasteiger partial charge on any atom is -0.465 e. The number of aromatic nitrogens is 1. The molecule has 2 rings (SSSR count). The van der Waals surface area contributed by atoms with E-state index in [1.54, 1.807) is 0 Å². The summed E-state index contributed by atoms with van der Waals surface area (Å²) >= 11 is 17.8. The van der Waals surface area contributed by atoms with Gasteiger partial charge in [0.2, 0.25) is 0 Å². The Balaban J connectivity index is 2.48. The van der Waals surface area contributed by atoms with Gasteiger partial charge in [0.1, 0.15) is 5.03 Å². The molecule has 0 aliphatic carbocycles. The first-order valence-corrected chi connectivity index (χ1v) is 7.75. The van der Waals surface area contributed by atoms with Crippen LogP contribution in [0.5, 0.6) is 0 Å². The third kappa shape index (κ3) is 4.66. The topological polar surface area (TPSA) is 39.2 Å². The summed E-state index contributed by atoms with van der Waals surface area (Å²) in [6.07, 6.45) is -2.58. The molecule has 9 heteroatoms. The molecule has 25 heavy (non-hydrogen) atoms. The van der Waals surface area contributed by atoms with Gasteiger partial charge in [0.25, 0.3) is 0 Å². The molecule has 0 aliphatic heterocycles. The van der Waals surface area contributed by atoms with Gasteiger partial charge in [-0.1, -0.05) is 40.9 Å². The lowest BCUT2D eigenvalue weighted by Crippen LogP contribution is -2.05. The zero-order valence-electron chi connectivity index (χ0n) is 12.5. The van der Waals surface area contributed by atoms with Crippen LogP contribution in [0.15, 0.2) is 35.5 Å². The highest BCUT2D eigenvalue weighted by Gasteiger charge is 2.31. The molecule has 1 aromatic carbocycles. The minimum atomic E-state index is -4.54. The predicted octanol–water partition coefficient (Wildman–Crippen LogP) is 5.83. The van der Waals surface area contributed by atoms with Gasteiger partial charge in [0.15, 0.2) is 0 Å². The van der Waals surface area contributed by atoms with Crippen molar-refractivity contribution in [1.29, 1.82) is 0 Å². The number of halogens is 6. The highest BCUT2D eigenvalue weighted by molar-refractivity contribution is 6.43. The third-order valence-corrected chi connectivity index (χ3v) is 4.00. The molecule has 0 amide bonds. The minimum absolute atomic E-state index is 0.134. The lowest BCUT2D eigenvalue weighted by atomic mass is 10.1. The Kier molecular flexibility index (Phi) is 5.98. The summed E-state index contributed by atoms with van der Waals surface area (Å²) in [5.41, 5.74) is -0.0599. The predicted molar refractivity (Wildman–Crippen MR) is 90.5 cm³/mol. The number of carbonyl (C=O) groups is 1. The lowest BCUT2D eigenvalue weighted by molar-refractivity contribution is -0.138. The fraction of sp³-hybridized carbons (Fsp3) is 0.125. The fourth-order valence-electron chi connectivity index (χ4n) is 1.90. The van der Waals surface area contributed by atoms with Crippen LogP contribution in [-0.4, -0.2) is 18.1 Å². The largest absolute Gasteiger partial charge is 0.465 e. The number of alkyl halides is 3. The lowest BCUT2D eigenvalue weighted by Gasteiger charge is -2.10. The Hall–Kier alpha value is -1.76. The highest BCUT2D eigenvalue weighted by atomic mass is 35.5. The molecule has 0 saturated carbocycles. The second-order valence-corrected chi connectivity index (χ2v) is 5.99. The third-order valence-electron chi connectivity index (χ3n) is 3.10. The molecule has 0 N–H and O–H groups in total. The number of pyridine rings is 1. The number of benzene rings is 1. The van der Waals surface area contributed by atoms with E-state index in [0.29, 0.717) is 17.3 Å². The van der Waals surface area contributed by atoms with Crippen molar-refractivity contribution in [3.8, 4) is 11.3 Å². The summed E-state index contributed by atoms with van der Waals surface area (Å²) < 4.78 is 42.5. The van der Waals surface area contributed by atoms with Gasteiger partial charge in [0, 0.05) is 16.8 Å². The smallest absolute Gasteiger partial charge is 0.417 e. The Bertz CT molecular complexity index is 851. The Morgan fingerprint density at radius 2 is 1.88 bits per heavy atom. The highest BCUT2D eigenvalue weighted by Crippen LogP contribution is 2.35. The van der Waals surface area contributed by atoms with Gasteiger partial charge in [-0.05, 0) is 29.8 Å². The van der Waals surface area contributed by atoms with Crippen LogP contribution in [0.2, 0.25) is 10.0 Å². The van der Waals surface area contributed by atoms with Crippen LogP contribution in [0.25, 0.3) is 17.3 Å². The molecule has 0 unspecified atom stereocenters. The maximum atomic E-state index is 12.7. The number of nitrogens with zero attached hydrogens (tertiary/aromatic N) is 1. The first-order chi connectivity index (χ1) is 11.6. The number of methoxy groups -OCH3 is 1. The number of esters is 1. The van der Waals surface area contributed by atoms with Crippen LogP contribution in [0.4, 0.5) is 13.2 Å².